The van der Waals surface area contributed by atoms with Crippen molar-refractivity contribution in [1.29, 1.82) is 0 Å². The van der Waals surface area contributed by atoms with E-state index in [9.17, 15) is 18.0 Å². The first kappa shape index (κ1) is 15.5. The van der Waals surface area contributed by atoms with Gasteiger partial charge in [0.2, 0.25) is 0 Å². The molecule has 0 spiro atoms. The molecule has 1 aromatic rings. The monoisotopic (exact) mass is 274 g/mol. The summed E-state index contributed by atoms with van der Waals surface area (Å²) in [6.07, 6.45) is -3.78. The van der Waals surface area contributed by atoms with E-state index in [1.165, 1.54) is 12.1 Å². The highest BCUT2D eigenvalue weighted by Gasteiger charge is 2.31. The van der Waals surface area contributed by atoms with E-state index in [4.69, 9.17) is 4.74 Å². The molecule has 0 radical (unpaired) electrons. The van der Waals surface area contributed by atoms with Gasteiger partial charge in [-0.3, -0.25) is 4.79 Å². The van der Waals surface area contributed by atoms with Gasteiger partial charge in [0.25, 0.3) is 0 Å². The molecule has 0 unspecified atom stereocenters. The molecule has 0 amide bonds. The van der Waals surface area contributed by atoms with E-state index in [1.807, 2.05) is 6.92 Å². The van der Waals surface area contributed by atoms with Crippen molar-refractivity contribution in [2.45, 2.75) is 40.0 Å². The Morgan fingerprint density at radius 3 is 2.42 bits per heavy atom. The van der Waals surface area contributed by atoms with Gasteiger partial charge in [-0.05, 0) is 38.0 Å². The standard InChI is InChI=1S/C14H17F3O2/c1-4-13(2,3)12(18)19-9-10-6-5-7-11(8-10)14(15,16)17/h5-8H,4,9H2,1-3H3. The van der Waals surface area contributed by atoms with Gasteiger partial charge in [-0.15, -0.1) is 0 Å². The smallest absolute Gasteiger partial charge is 0.416 e. The Balaban J connectivity index is 2.72. The normalized spacial score (nSPS) is 12.3. The van der Waals surface area contributed by atoms with Crippen LogP contribution >= 0.6 is 0 Å². The number of halogens is 3. The van der Waals surface area contributed by atoms with Crippen LogP contribution in [0.5, 0.6) is 0 Å². The van der Waals surface area contributed by atoms with Crippen LogP contribution in [0, 0.1) is 5.41 Å². The molecular formula is C14H17F3O2. The van der Waals surface area contributed by atoms with E-state index in [0.717, 1.165) is 12.1 Å². The van der Waals surface area contributed by atoms with Crippen molar-refractivity contribution >= 4 is 5.97 Å². The number of carbonyl (C=O) groups is 1. The third-order valence-electron chi connectivity index (χ3n) is 3.06. The minimum absolute atomic E-state index is 0.147. The molecule has 0 aromatic heterocycles. The van der Waals surface area contributed by atoms with Gasteiger partial charge in [-0.2, -0.15) is 13.2 Å². The Hall–Kier alpha value is -1.52. The molecule has 0 N–H and O–H groups in total. The van der Waals surface area contributed by atoms with Gasteiger partial charge in [0.05, 0.1) is 11.0 Å². The topological polar surface area (TPSA) is 26.3 Å². The summed E-state index contributed by atoms with van der Waals surface area (Å²) in [7, 11) is 0. The summed E-state index contributed by atoms with van der Waals surface area (Å²) in [6, 6.07) is 4.78. The number of benzene rings is 1. The molecular weight excluding hydrogens is 257 g/mol. The number of rotatable bonds is 4. The van der Waals surface area contributed by atoms with Gasteiger partial charge in [0, 0.05) is 0 Å². The van der Waals surface area contributed by atoms with Crippen LogP contribution in [0.15, 0.2) is 24.3 Å². The molecule has 0 saturated heterocycles. The lowest BCUT2D eigenvalue weighted by molar-refractivity contribution is -0.155. The summed E-state index contributed by atoms with van der Waals surface area (Å²) in [4.78, 5) is 11.7. The van der Waals surface area contributed by atoms with Crippen LogP contribution in [-0.2, 0) is 22.3 Å². The fourth-order valence-corrected chi connectivity index (χ4v) is 1.33. The molecule has 0 fully saturated rings. The lowest BCUT2D eigenvalue weighted by Crippen LogP contribution is -2.25. The van der Waals surface area contributed by atoms with E-state index in [1.54, 1.807) is 13.8 Å². The first-order chi connectivity index (χ1) is 8.66. The Kier molecular flexibility index (Phi) is 4.61. The molecule has 19 heavy (non-hydrogen) atoms. The Bertz CT molecular complexity index is 450. The number of hydrogen-bond acceptors (Lipinski definition) is 2. The van der Waals surface area contributed by atoms with Crippen molar-refractivity contribution in [3.8, 4) is 0 Å². The molecule has 0 saturated carbocycles. The molecule has 0 atom stereocenters. The summed E-state index contributed by atoms with van der Waals surface area (Å²) < 4.78 is 42.6. The highest BCUT2D eigenvalue weighted by Crippen LogP contribution is 2.30. The molecule has 0 aliphatic heterocycles. The molecule has 5 heteroatoms. The van der Waals surface area contributed by atoms with Crippen molar-refractivity contribution in [3.05, 3.63) is 35.4 Å². The average Bonchev–Trinajstić information content (AvgIpc) is 2.35. The van der Waals surface area contributed by atoms with Gasteiger partial charge in [0.15, 0.2) is 0 Å². The van der Waals surface area contributed by atoms with E-state index in [2.05, 4.69) is 0 Å². The predicted octanol–water partition coefficient (Wildman–Crippen LogP) is 4.18. The van der Waals surface area contributed by atoms with E-state index < -0.39 is 23.1 Å². The molecule has 2 nitrogen and oxygen atoms in total. The number of ether oxygens (including phenoxy) is 1. The second-order valence-corrected chi connectivity index (χ2v) is 5.01. The van der Waals surface area contributed by atoms with Crippen molar-refractivity contribution in [3.63, 3.8) is 0 Å². The highest BCUT2D eigenvalue weighted by molar-refractivity contribution is 5.75. The maximum absolute atomic E-state index is 12.5. The molecule has 1 rings (SSSR count). The van der Waals surface area contributed by atoms with Crippen LogP contribution < -0.4 is 0 Å². The first-order valence-corrected chi connectivity index (χ1v) is 6.00. The number of carbonyl (C=O) groups excluding carboxylic acids is 1. The van der Waals surface area contributed by atoms with Crippen molar-refractivity contribution < 1.29 is 22.7 Å². The number of hydrogen-bond donors (Lipinski definition) is 0. The average molecular weight is 274 g/mol. The third-order valence-corrected chi connectivity index (χ3v) is 3.06. The van der Waals surface area contributed by atoms with Crippen molar-refractivity contribution in [2.75, 3.05) is 0 Å². The lowest BCUT2D eigenvalue weighted by atomic mass is 9.91. The second-order valence-electron chi connectivity index (χ2n) is 5.01. The van der Waals surface area contributed by atoms with Crippen molar-refractivity contribution in [1.82, 2.24) is 0 Å². The zero-order valence-corrected chi connectivity index (χ0v) is 11.2. The lowest BCUT2D eigenvalue weighted by Gasteiger charge is -2.20. The van der Waals surface area contributed by atoms with Gasteiger partial charge in [-0.25, -0.2) is 0 Å². The van der Waals surface area contributed by atoms with E-state index in [0.29, 0.717) is 12.0 Å². The quantitative estimate of drug-likeness (QED) is 0.770. The van der Waals surface area contributed by atoms with Crippen LogP contribution in [0.2, 0.25) is 0 Å². The van der Waals surface area contributed by atoms with Gasteiger partial charge >= 0.3 is 12.1 Å². The maximum atomic E-state index is 12.5. The molecule has 0 bridgehead atoms. The molecule has 0 heterocycles. The summed E-state index contributed by atoms with van der Waals surface area (Å²) in [5, 5.41) is 0. The molecule has 0 aliphatic carbocycles. The number of esters is 1. The Morgan fingerprint density at radius 1 is 1.26 bits per heavy atom. The van der Waals surface area contributed by atoms with Crippen LogP contribution in [0.4, 0.5) is 13.2 Å². The molecule has 106 valence electrons. The Morgan fingerprint density at radius 2 is 1.89 bits per heavy atom. The first-order valence-electron chi connectivity index (χ1n) is 6.00. The zero-order valence-electron chi connectivity index (χ0n) is 11.2. The van der Waals surface area contributed by atoms with Gasteiger partial charge < -0.3 is 4.74 Å². The largest absolute Gasteiger partial charge is 0.460 e. The zero-order chi connectivity index (χ0) is 14.7. The SMILES string of the molecule is CCC(C)(C)C(=O)OCc1cccc(C(F)(F)F)c1. The van der Waals surface area contributed by atoms with E-state index in [-0.39, 0.29) is 6.61 Å². The van der Waals surface area contributed by atoms with Crippen LogP contribution in [-0.4, -0.2) is 5.97 Å². The highest BCUT2D eigenvalue weighted by atomic mass is 19.4. The molecule has 0 aliphatic rings. The maximum Gasteiger partial charge on any atom is 0.416 e. The summed E-state index contributed by atoms with van der Waals surface area (Å²) in [5.74, 6) is -0.410. The minimum atomic E-state index is -4.39. The summed E-state index contributed by atoms with van der Waals surface area (Å²) in [6.45, 7) is 5.18. The minimum Gasteiger partial charge on any atom is -0.460 e. The van der Waals surface area contributed by atoms with Gasteiger partial charge in [-0.1, -0.05) is 19.1 Å². The summed E-state index contributed by atoms with van der Waals surface area (Å²) in [5.41, 5.74) is -1.03. The predicted molar refractivity (Wildman–Crippen MR) is 65.3 cm³/mol. The van der Waals surface area contributed by atoms with Crippen molar-refractivity contribution in [2.24, 2.45) is 5.41 Å². The van der Waals surface area contributed by atoms with Gasteiger partial charge in [0.1, 0.15) is 6.61 Å². The fourth-order valence-electron chi connectivity index (χ4n) is 1.33. The third kappa shape index (κ3) is 4.26. The Labute approximate surface area is 110 Å². The second kappa shape index (κ2) is 5.63. The fraction of sp³-hybridized carbons (Fsp3) is 0.500. The van der Waals surface area contributed by atoms with Crippen LogP contribution in [0.25, 0.3) is 0 Å². The molecule has 1 aromatic carbocycles. The summed E-state index contributed by atoms with van der Waals surface area (Å²) >= 11 is 0. The van der Waals surface area contributed by atoms with E-state index >= 15 is 0 Å². The van der Waals surface area contributed by atoms with Crippen LogP contribution in [0.3, 0.4) is 0 Å². The van der Waals surface area contributed by atoms with Crippen LogP contribution in [0.1, 0.15) is 38.3 Å². The number of alkyl halides is 3.